The molecule has 1 aromatic rings. The molecular weight excluding hydrogens is 292 g/mol. The Morgan fingerprint density at radius 3 is 2.61 bits per heavy atom. The van der Waals surface area contributed by atoms with Crippen molar-refractivity contribution >= 4 is 21.8 Å². The lowest BCUT2D eigenvalue weighted by molar-refractivity contribution is 0.0950. The van der Waals surface area contributed by atoms with Crippen LogP contribution in [-0.4, -0.2) is 25.5 Å². The molecule has 1 heterocycles. The van der Waals surface area contributed by atoms with Crippen LogP contribution < -0.4 is 10.6 Å². The Balaban J connectivity index is 1.72. The molecular formula is C14H19BrN2O. The third-order valence-corrected chi connectivity index (χ3v) is 3.93. The summed E-state index contributed by atoms with van der Waals surface area (Å²) in [6, 6.07) is 7.46. The number of carbonyl (C=O) groups excluding carboxylic acids is 1. The molecule has 0 bridgehead atoms. The van der Waals surface area contributed by atoms with Gasteiger partial charge >= 0.3 is 0 Å². The fourth-order valence-electron chi connectivity index (χ4n) is 2.26. The number of piperidine rings is 1. The van der Waals surface area contributed by atoms with Gasteiger partial charge in [0.2, 0.25) is 0 Å². The first-order valence-corrected chi connectivity index (χ1v) is 7.29. The predicted octanol–water partition coefficient (Wildman–Crippen LogP) is 2.57. The molecule has 1 amide bonds. The number of amides is 1. The molecule has 2 rings (SSSR count). The van der Waals surface area contributed by atoms with Crippen molar-refractivity contribution in [1.29, 1.82) is 0 Å². The second-order valence-corrected chi connectivity index (χ2v) is 5.66. The van der Waals surface area contributed by atoms with E-state index in [-0.39, 0.29) is 5.91 Å². The van der Waals surface area contributed by atoms with Gasteiger partial charge in [-0.3, -0.25) is 4.79 Å². The van der Waals surface area contributed by atoms with Crippen molar-refractivity contribution in [3.8, 4) is 0 Å². The van der Waals surface area contributed by atoms with Crippen molar-refractivity contribution in [3.63, 3.8) is 0 Å². The molecule has 1 saturated heterocycles. The maximum atomic E-state index is 11.9. The van der Waals surface area contributed by atoms with Crippen LogP contribution in [0.25, 0.3) is 0 Å². The van der Waals surface area contributed by atoms with Crippen molar-refractivity contribution < 1.29 is 4.79 Å². The molecule has 0 aliphatic carbocycles. The lowest BCUT2D eigenvalue weighted by Gasteiger charge is -2.22. The van der Waals surface area contributed by atoms with Crippen molar-refractivity contribution in [2.75, 3.05) is 19.6 Å². The van der Waals surface area contributed by atoms with Crippen molar-refractivity contribution in [3.05, 3.63) is 34.3 Å². The van der Waals surface area contributed by atoms with Crippen LogP contribution in [0.3, 0.4) is 0 Å². The van der Waals surface area contributed by atoms with E-state index in [0.29, 0.717) is 0 Å². The Hall–Kier alpha value is -0.870. The van der Waals surface area contributed by atoms with Gasteiger partial charge in [0.15, 0.2) is 0 Å². The van der Waals surface area contributed by atoms with Crippen molar-refractivity contribution in [1.82, 2.24) is 10.6 Å². The molecule has 1 aromatic carbocycles. The second-order valence-electron chi connectivity index (χ2n) is 4.74. The van der Waals surface area contributed by atoms with Crippen molar-refractivity contribution in [2.45, 2.75) is 19.3 Å². The molecule has 3 nitrogen and oxygen atoms in total. The van der Waals surface area contributed by atoms with Crippen molar-refractivity contribution in [2.24, 2.45) is 5.92 Å². The number of nitrogens with one attached hydrogen (secondary N) is 2. The third-order valence-electron chi connectivity index (χ3n) is 3.40. The summed E-state index contributed by atoms with van der Waals surface area (Å²) in [6.07, 6.45) is 3.55. The molecule has 0 radical (unpaired) electrons. The summed E-state index contributed by atoms with van der Waals surface area (Å²) < 4.78 is 0.994. The summed E-state index contributed by atoms with van der Waals surface area (Å²) in [5.74, 6) is 0.785. The van der Waals surface area contributed by atoms with Crippen LogP contribution in [0.1, 0.15) is 29.6 Å². The Morgan fingerprint density at radius 1 is 1.28 bits per heavy atom. The maximum absolute atomic E-state index is 11.9. The largest absolute Gasteiger partial charge is 0.352 e. The average Bonchev–Trinajstić information content (AvgIpc) is 2.40. The smallest absolute Gasteiger partial charge is 0.251 e. The van der Waals surface area contributed by atoms with E-state index in [1.165, 1.54) is 12.8 Å². The number of hydrogen-bond donors (Lipinski definition) is 2. The first kappa shape index (κ1) is 13.6. The van der Waals surface area contributed by atoms with Gasteiger partial charge in [0.05, 0.1) is 0 Å². The first-order valence-electron chi connectivity index (χ1n) is 6.50. The van der Waals surface area contributed by atoms with Crippen LogP contribution in [0.5, 0.6) is 0 Å². The standard InChI is InChI=1S/C14H19BrN2O/c15-13-3-1-12(2-4-13)14(18)17-10-7-11-5-8-16-9-6-11/h1-4,11,16H,5-10H2,(H,17,18). The van der Waals surface area contributed by atoms with E-state index in [4.69, 9.17) is 0 Å². The molecule has 0 spiro atoms. The van der Waals surface area contributed by atoms with E-state index in [1.54, 1.807) is 0 Å². The highest BCUT2D eigenvalue weighted by molar-refractivity contribution is 9.10. The molecule has 2 N–H and O–H groups in total. The summed E-state index contributed by atoms with van der Waals surface area (Å²) in [5.41, 5.74) is 0.725. The molecule has 18 heavy (non-hydrogen) atoms. The summed E-state index contributed by atoms with van der Waals surface area (Å²) in [6.45, 7) is 3.01. The van der Waals surface area contributed by atoms with Gasteiger partial charge in [-0.05, 0) is 62.5 Å². The molecule has 0 unspecified atom stereocenters. The van der Waals surface area contributed by atoms with Gasteiger partial charge in [-0.1, -0.05) is 15.9 Å². The van der Waals surface area contributed by atoms with E-state index >= 15 is 0 Å². The van der Waals surface area contributed by atoms with Crippen LogP contribution in [0.15, 0.2) is 28.7 Å². The highest BCUT2D eigenvalue weighted by Gasteiger charge is 2.13. The summed E-state index contributed by atoms with van der Waals surface area (Å²) in [4.78, 5) is 11.9. The molecule has 0 aromatic heterocycles. The minimum atomic E-state index is 0.0245. The summed E-state index contributed by atoms with van der Waals surface area (Å²) >= 11 is 3.36. The monoisotopic (exact) mass is 310 g/mol. The van der Waals surface area contributed by atoms with E-state index in [2.05, 4.69) is 26.6 Å². The van der Waals surface area contributed by atoms with Crippen LogP contribution in [0.4, 0.5) is 0 Å². The molecule has 0 atom stereocenters. The van der Waals surface area contributed by atoms with Gasteiger partial charge in [0.25, 0.3) is 5.91 Å². The lowest BCUT2D eigenvalue weighted by atomic mass is 9.95. The molecule has 98 valence electrons. The van der Waals surface area contributed by atoms with Gasteiger partial charge in [0, 0.05) is 16.6 Å². The van der Waals surface area contributed by atoms with Crippen LogP contribution >= 0.6 is 15.9 Å². The molecule has 0 saturated carbocycles. The van der Waals surface area contributed by atoms with E-state index in [0.717, 1.165) is 42.0 Å². The van der Waals surface area contributed by atoms with E-state index < -0.39 is 0 Å². The van der Waals surface area contributed by atoms with E-state index in [9.17, 15) is 4.79 Å². The Morgan fingerprint density at radius 2 is 1.94 bits per heavy atom. The Bertz CT molecular complexity index is 385. The zero-order chi connectivity index (χ0) is 12.8. The Labute approximate surface area is 116 Å². The minimum absolute atomic E-state index is 0.0245. The summed E-state index contributed by atoms with van der Waals surface area (Å²) in [5, 5.41) is 6.34. The molecule has 1 aliphatic heterocycles. The van der Waals surface area contributed by atoms with Gasteiger partial charge < -0.3 is 10.6 Å². The lowest BCUT2D eigenvalue weighted by Crippen LogP contribution is -2.31. The third kappa shape index (κ3) is 4.10. The molecule has 1 aliphatic rings. The average molecular weight is 311 g/mol. The Kier molecular flexibility index (Phi) is 5.20. The SMILES string of the molecule is O=C(NCCC1CCNCC1)c1ccc(Br)cc1. The van der Waals surface area contributed by atoms with Gasteiger partial charge in [-0.15, -0.1) is 0 Å². The highest BCUT2D eigenvalue weighted by Crippen LogP contribution is 2.15. The summed E-state index contributed by atoms with van der Waals surface area (Å²) in [7, 11) is 0. The van der Waals surface area contributed by atoms with E-state index in [1.807, 2.05) is 24.3 Å². The fraction of sp³-hybridized carbons (Fsp3) is 0.500. The van der Waals surface area contributed by atoms with Crippen LogP contribution in [-0.2, 0) is 0 Å². The molecule has 1 fully saturated rings. The zero-order valence-electron chi connectivity index (χ0n) is 10.4. The fourth-order valence-corrected chi connectivity index (χ4v) is 2.53. The first-order chi connectivity index (χ1) is 8.75. The predicted molar refractivity (Wildman–Crippen MR) is 76.7 cm³/mol. The van der Waals surface area contributed by atoms with Crippen LogP contribution in [0, 0.1) is 5.92 Å². The van der Waals surface area contributed by atoms with Crippen LogP contribution in [0.2, 0.25) is 0 Å². The second kappa shape index (κ2) is 6.90. The number of halogens is 1. The van der Waals surface area contributed by atoms with Gasteiger partial charge in [-0.2, -0.15) is 0 Å². The number of benzene rings is 1. The number of rotatable bonds is 4. The van der Waals surface area contributed by atoms with Gasteiger partial charge in [-0.25, -0.2) is 0 Å². The number of carbonyl (C=O) groups is 1. The quantitative estimate of drug-likeness (QED) is 0.897. The molecule has 4 heteroatoms. The highest BCUT2D eigenvalue weighted by atomic mass is 79.9. The minimum Gasteiger partial charge on any atom is -0.352 e. The number of hydrogen-bond acceptors (Lipinski definition) is 2. The van der Waals surface area contributed by atoms with Gasteiger partial charge in [0.1, 0.15) is 0 Å². The maximum Gasteiger partial charge on any atom is 0.251 e. The topological polar surface area (TPSA) is 41.1 Å². The normalized spacial score (nSPS) is 16.5. The zero-order valence-corrected chi connectivity index (χ0v) is 12.0.